The van der Waals surface area contributed by atoms with Crippen LogP contribution in [0.4, 0.5) is 5.69 Å². The average molecular weight is 295 g/mol. The van der Waals surface area contributed by atoms with Gasteiger partial charge in [-0.1, -0.05) is 11.6 Å². The Kier molecular flexibility index (Phi) is 3.89. The second-order valence-corrected chi connectivity index (χ2v) is 5.00. The number of carbonyl (C=O) groups excluding carboxylic acids is 1. The number of carbonyl (C=O) groups is 1. The van der Waals surface area contributed by atoms with Crippen molar-refractivity contribution < 1.29 is 22.9 Å². The monoisotopic (exact) mass is 294 g/mol. The number of sulfonamides is 1. The van der Waals surface area contributed by atoms with Gasteiger partial charge < -0.3 is 4.74 Å². The van der Waals surface area contributed by atoms with Crippen molar-refractivity contribution in [2.24, 2.45) is 5.14 Å². The fourth-order valence-corrected chi connectivity index (χ4v) is 2.46. The molecule has 0 saturated carbocycles. The molecular weight excluding hydrogens is 288 g/mol. The Balaban J connectivity index is 3.62. The van der Waals surface area contributed by atoms with Crippen molar-refractivity contribution in [3.05, 3.63) is 27.3 Å². The van der Waals surface area contributed by atoms with Crippen LogP contribution in [0.15, 0.2) is 17.0 Å². The van der Waals surface area contributed by atoms with Crippen LogP contribution >= 0.6 is 11.6 Å². The Morgan fingerprint density at radius 3 is 2.44 bits per heavy atom. The van der Waals surface area contributed by atoms with Gasteiger partial charge in [0.25, 0.3) is 5.69 Å². The molecule has 0 aliphatic carbocycles. The molecule has 0 amide bonds. The van der Waals surface area contributed by atoms with Crippen molar-refractivity contribution in [3.63, 3.8) is 0 Å². The molecule has 1 aromatic carbocycles. The standard InChI is InChI=1S/C8H7ClN2O6S/c1-4(12)17-6-3-2-5(11(13)14)7(9)8(6)18(10,15)16/h2-3H,1H3,(H2,10,15,16). The highest BCUT2D eigenvalue weighted by atomic mass is 35.5. The van der Waals surface area contributed by atoms with Crippen molar-refractivity contribution in [2.75, 3.05) is 0 Å². The summed E-state index contributed by atoms with van der Waals surface area (Å²) in [7, 11) is -4.38. The number of nitro benzene ring substituents is 1. The van der Waals surface area contributed by atoms with Gasteiger partial charge in [0.1, 0.15) is 9.92 Å². The minimum Gasteiger partial charge on any atom is -0.425 e. The molecule has 1 aromatic rings. The maximum atomic E-state index is 11.3. The van der Waals surface area contributed by atoms with E-state index in [1.54, 1.807) is 0 Å². The second kappa shape index (κ2) is 4.88. The average Bonchev–Trinajstić information content (AvgIpc) is 2.13. The van der Waals surface area contributed by atoms with E-state index >= 15 is 0 Å². The molecule has 0 aliphatic rings. The summed E-state index contributed by atoms with van der Waals surface area (Å²) in [6.45, 7) is 1.03. The van der Waals surface area contributed by atoms with Gasteiger partial charge in [-0.15, -0.1) is 0 Å². The lowest BCUT2D eigenvalue weighted by molar-refractivity contribution is -0.384. The number of nitrogens with two attached hydrogens (primary N) is 1. The quantitative estimate of drug-likeness (QED) is 0.380. The summed E-state index contributed by atoms with van der Waals surface area (Å²) in [4.78, 5) is 19.7. The molecule has 0 bridgehead atoms. The first kappa shape index (κ1) is 14.4. The fourth-order valence-electron chi connectivity index (χ4n) is 1.17. The minimum atomic E-state index is -4.38. The normalized spacial score (nSPS) is 11.1. The zero-order valence-corrected chi connectivity index (χ0v) is 10.5. The number of benzene rings is 1. The summed E-state index contributed by atoms with van der Waals surface area (Å²) in [5.74, 6) is -1.27. The summed E-state index contributed by atoms with van der Waals surface area (Å²) in [6.07, 6.45) is 0. The lowest BCUT2D eigenvalue weighted by atomic mass is 10.3. The number of nitrogens with zero attached hydrogens (tertiary/aromatic N) is 1. The molecule has 0 aliphatic heterocycles. The molecule has 0 radical (unpaired) electrons. The SMILES string of the molecule is CC(=O)Oc1ccc([N+](=O)[O-])c(Cl)c1S(N)(=O)=O. The highest BCUT2D eigenvalue weighted by molar-refractivity contribution is 7.89. The van der Waals surface area contributed by atoms with Gasteiger partial charge in [0.15, 0.2) is 5.75 Å². The summed E-state index contributed by atoms with van der Waals surface area (Å²) < 4.78 is 27.2. The molecule has 0 atom stereocenters. The summed E-state index contributed by atoms with van der Waals surface area (Å²) in [5, 5.41) is 14.8. The van der Waals surface area contributed by atoms with Crippen molar-refractivity contribution >= 4 is 33.3 Å². The molecule has 8 nitrogen and oxygen atoms in total. The van der Waals surface area contributed by atoms with Crippen LogP contribution in [0.2, 0.25) is 5.02 Å². The zero-order chi connectivity index (χ0) is 14.1. The van der Waals surface area contributed by atoms with E-state index in [2.05, 4.69) is 4.74 Å². The number of hydrogen-bond acceptors (Lipinski definition) is 6. The van der Waals surface area contributed by atoms with Crippen LogP contribution < -0.4 is 9.88 Å². The van der Waals surface area contributed by atoms with Crippen molar-refractivity contribution in [3.8, 4) is 5.75 Å². The third kappa shape index (κ3) is 2.94. The number of primary sulfonamides is 1. The molecule has 0 heterocycles. The molecule has 0 fully saturated rings. The van der Waals surface area contributed by atoms with Gasteiger partial charge in [-0.05, 0) is 6.07 Å². The third-order valence-electron chi connectivity index (χ3n) is 1.78. The summed E-state index contributed by atoms with van der Waals surface area (Å²) >= 11 is 5.58. The zero-order valence-electron chi connectivity index (χ0n) is 8.91. The number of rotatable bonds is 3. The number of ether oxygens (including phenoxy) is 1. The van der Waals surface area contributed by atoms with Crippen LogP contribution in [-0.4, -0.2) is 19.3 Å². The number of halogens is 1. The Labute approximate surface area is 106 Å². The van der Waals surface area contributed by atoms with E-state index in [0.29, 0.717) is 0 Å². The van der Waals surface area contributed by atoms with Crippen LogP contribution in [0.25, 0.3) is 0 Å². The highest BCUT2D eigenvalue weighted by Gasteiger charge is 2.27. The van der Waals surface area contributed by atoms with E-state index in [0.717, 1.165) is 19.1 Å². The Bertz CT molecular complexity index is 627. The van der Waals surface area contributed by atoms with Gasteiger partial charge in [-0.25, -0.2) is 13.6 Å². The van der Waals surface area contributed by atoms with Crippen molar-refractivity contribution in [1.29, 1.82) is 0 Å². The van der Waals surface area contributed by atoms with Crippen LogP contribution in [0.5, 0.6) is 5.75 Å². The van der Waals surface area contributed by atoms with Gasteiger partial charge in [0.05, 0.1) is 4.92 Å². The second-order valence-electron chi connectivity index (χ2n) is 3.12. The van der Waals surface area contributed by atoms with Crippen LogP contribution in [0, 0.1) is 10.1 Å². The Hall–Kier alpha value is -1.71. The molecule has 1 rings (SSSR count). The van der Waals surface area contributed by atoms with Crippen molar-refractivity contribution in [2.45, 2.75) is 11.8 Å². The first-order valence-electron chi connectivity index (χ1n) is 4.32. The Morgan fingerprint density at radius 2 is 2.06 bits per heavy atom. The lowest BCUT2D eigenvalue weighted by Crippen LogP contribution is -2.16. The van der Waals surface area contributed by atoms with E-state index in [4.69, 9.17) is 16.7 Å². The topological polar surface area (TPSA) is 130 Å². The van der Waals surface area contributed by atoms with Gasteiger partial charge in [0, 0.05) is 13.0 Å². The van der Waals surface area contributed by atoms with E-state index in [1.165, 1.54) is 0 Å². The van der Waals surface area contributed by atoms with E-state index in [1.807, 2.05) is 0 Å². The van der Waals surface area contributed by atoms with E-state index in [9.17, 15) is 23.3 Å². The molecule has 10 heteroatoms. The molecule has 0 aromatic heterocycles. The maximum Gasteiger partial charge on any atom is 0.308 e. The maximum absolute atomic E-state index is 11.3. The van der Waals surface area contributed by atoms with Gasteiger partial charge in [-0.3, -0.25) is 14.9 Å². The largest absolute Gasteiger partial charge is 0.425 e. The minimum absolute atomic E-state index is 0.458. The number of nitro groups is 1. The third-order valence-corrected chi connectivity index (χ3v) is 3.24. The lowest BCUT2D eigenvalue weighted by Gasteiger charge is -2.08. The smallest absolute Gasteiger partial charge is 0.308 e. The molecule has 0 saturated heterocycles. The van der Waals surface area contributed by atoms with Gasteiger partial charge in [-0.2, -0.15) is 0 Å². The summed E-state index contributed by atoms with van der Waals surface area (Å²) in [5.41, 5.74) is -0.656. The van der Waals surface area contributed by atoms with Gasteiger partial charge in [0.2, 0.25) is 10.0 Å². The molecule has 98 valence electrons. The molecular formula is C8H7ClN2O6S. The first-order chi connectivity index (χ1) is 8.14. The van der Waals surface area contributed by atoms with E-state index in [-0.39, 0.29) is 0 Å². The Morgan fingerprint density at radius 1 is 1.50 bits per heavy atom. The van der Waals surface area contributed by atoms with Crippen molar-refractivity contribution in [1.82, 2.24) is 0 Å². The predicted molar refractivity (Wildman–Crippen MR) is 60.8 cm³/mol. The fraction of sp³-hybridized carbons (Fsp3) is 0.125. The van der Waals surface area contributed by atoms with Crippen LogP contribution in [0.1, 0.15) is 6.92 Å². The van der Waals surface area contributed by atoms with Crippen LogP contribution in [-0.2, 0) is 14.8 Å². The van der Waals surface area contributed by atoms with E-state index < -0.39 is 42.3 Å². The highest BCUT2D eigenvalue weighted by Crippen LogP contribution is 2.37. The molecule has 0 unspecified atom stereocenters. The molecule has 2 N–H and O–H groups in total. The first-order valence-corrected chi connectivity index (χ1v) is 6.25. The summed E-state index contributed by atoms with van der Waals surface area (Å²) in [6, 6.07) is 1.85. The van der Waals surface area contributed by atoms with Crippen LogP contribution in [0.3, 0.4) is 0 Å². The molecule has 0 spiro atoms. The van der Waals surface area contributed by atoms with Gasteiger partial charge >= 0.3 is 5.97 Å². The predicted octanol–water partition coefficient (Wildman–Crippen LogP) is 0.821. The molecule has 18 heavy (non-hydrogen) atoms. The number of hydrogen-bond donors (Lipinski definition) is 1. The number of esters is 1.